The van der Waals surface area contributed by atoms with Crippen LogP contribution in [0.25, 0.3) is 5.65 Å². The molecule has 5 heterocycles. The summed E-state index contributed by atoms with van der Waals surface area (Å²) >= 11 is 0. The Labute approximate surface area is 206 Å². The van der Waals surface area contributed by atoms with E-state index in [-0.39, 0.29) is 35.3 Å². The Balaban J connectivity index is 1.36. The number of nitrogens with zero attached hydrogens (tertiary/aromatic N) is 5. The summed E-state index contributed by atoms with van der Waals surface area (Å²) in [6.45, 7) is 2.14. The summed E-state index contributed by atoms with van der Waals surface area (Å²) in [6, 6.07) is 5.65. The Morgan fingerprint density at radius 2 is 1.92 bits per heavy atom. The number of hydrogen-bond donors (Lipinski definition) is 1. The van der Waals surface area contributed by atoms with Crippen LogP contribution in [-0.4, -0.2) is 62.2 Å². The minimum absolute atomic E-state index is 0.0152. The summed E-state index contributed by atoms with van der Waals surface area (Å²) in [5.74, 6) is -0.835. The van der Waals surface area contributed by atoms with E-state index >= 15 is 0 Å². The van der Waals surface area contributed by atoms with Gasteiger partial charge >= 0.3 is 0 Å². The lowest BCUT2D eigenvalue weighted by Gasteiger charge is -2.54. The van der Waals surface area contributed by atoms with Crippen molar-refractivity contribution in [3.8, 4) is 0 Å². The number of pyridine rings is 1. The van der Waals surface area contributed by atoms with E-state index in [0.29, 0.717) is 32.0 Å². The zero-order valence-electron chi connectivity index (χ0n) is 19.8. The molecule has 36 heavy (non-hydrogen) atoms. The van der Waals surface area contributed by atoms with Crippen molar-refractivity contribution in [3.05, 3.63) is 58.0 Å². The third-order valence-corrected chi connectivity index (χ3v) is 7.44. The number of hydrogen-bond acceptors (Lipinski definition) is 6. The van der Waals surface area contributed by atoms with Crippen LogP contribution in [0.3, 0.4) is 0 Å². The zero-order valence-corrected chi connectivity index (χ0v) is 19.8. The van der Waals surface area contributed by atoms with Crippen LogP contribution in [0.5, 0.6) is 0 Å². The first-order valence-electron chi connectivity index (χ1n) is 12.3. The molecule has 0 bridgehead atoms. The number of amides is 2. The molecule has 2 aliphatic heterocycles. The molecule has 1 aliphatic carbocycles. The summed E-state index contributed by atoms with van der Waals surface area (Å²) in [7, 11) is 0. The van der Waals surface area contributed by atoms with Gasteiger partial charge in [0.05, 0.1) is 30.5 Å². The molecule has 0 radical (unpaired) electrons. The van der Waals surface area contributed by atoms with Gasteiger partial charge in [0.15, 0.2) is 0 Å². The molecule has 3 aromatic rings. The number of carbonyl (C=O) groups is 2. The van der Waals surface area contributed by atoms with Crippen LogP contribution in [-0.2, 0) is 16.1 Å². The highest BCUT2D eigenvalue weighted by atomic mass is 19.1. The van der Waals surface area contributed by atoms with Crippen molar-refractivity contribution in [2.24, 2.45) is 5.41 Å². The second-order valence-corrected chi connectivity index (χ2v) is 10.2. The molecule has 3 aromatic heterocycles. The number of ether oxygens (including phenoxy) is 1. The Morgan fingerprint density at radius 1 is 1.14 bits per heavy atom. The number of anilines is 1. The topological polar surface area (TPSA) is 111 Å². The van der Waals surface area contributed by atoms with Gasteiger partial charge in [-0.3, -0.25) is 14.4 Å². The molecule has 2 amide bonds. The summed E-state index contributed by atoms with van der Waals surface area (Å²) in [5.41, 5.74) is 0.951. The number of carbonyl (C=O) groups excluding carboxylic acids is 2. The maximum absolute atomic E-state index is 13.5. The van der Waals surface area contributed by atoms with Gasteiger partial charge in [-0.1, -0.05) is 19.3 Å². The lowest BCUT2D eigenvalue weighted by molar-refractivity contribution is -0.176. The van der Waals surface area contributed by atoms with Gasteiger partial charge < -0.3 is 19.5 Å². The summed E-state index contributed by atoms with van der Waals surface area (Å²) < 4.78 is 21.3. The Kier molecular flexibility index (Phi) is 5.59. The van der Waals surface area contributed by atoms with Gasteiger partial charge in [-0.15, -0.1) is 0 Å². The van der Waals surface area contributed by atoms with Crippen LogP contribution in [0.4, 0.5) is 10.2 Å². The third-order valence-electron chi connectivity index (χ3n) is 7.44. The highest BCUT2D eigenvalue weighted by molar-refractivity contribution is 5.95. The van der Waals surface area contributed by atoms with Crippen molar-refractivity contribution >= 4 is 23.3 Å². The van der Waals surface area contributed by atoms with E-state index in [1.54, 1.807) is 9.47 Å². The molecule has 188 valence electrons. The Morgan fingerprint density at radius 3 is 2.58 bits per heavy atom. The van der Waals surface area contributed by atoms with Crippen LogP contribution in [0, 0.1) is 11.2 Å². The highest BCUT2D eigenvalue weighted by Gasteiger charge is 2.51. The van der Waals surface area contributed by atoms with Crippen molar-refractivity contribution in [1.29, 1.82) is 0 Å². The van der Waals surface area contributed by atoms with Crippen molar-refractivity contribution < 1.29 is 18.7 Å². The number of rotatable bonds is 5. The number of aromatic nitrogens is 4. The van der Waals surface area contributed by atoms with Gasteiger partial charge in [0.25, 0.3) is 11.5 Å². The third kappa shape index (κ3) is 4.06. The fourth-order valence-corrected chi connectivity index (χ4v) is 5.48. The van der Waals surface area contributed by atoms with Gasteiger partial charge in [-0.05, 0) is 25.0 Å². The fraction of sp³-hybridized carbons (Fsp3) is 0.480. The molecule has 3 fully saturated rings. The molecule has 0 aromatic carbocycles. The van der Waals surface area contributed by atoms with Gasteiger partial charge in [0.2, 0.25) is 5.91 Å². The lowest BCUT2D eigenvalue weighted by Crippen LogP contribution is -2.67. The Hall–Kier alpha value is -3.60. The molecule has 6 rings (SSSR count). The second-order valence-electron chi connectivity index (χ2n) is 10.2. The van der Waals surface area contributed by atoms with Crippen molar-refractivity contribution in [1.82, 2.24) is 24.1 Å². The van der Waals surface area contributed by atoms with E-state index in [4.69, 9.17) is 4.74 Å². The van der Waals surface area contributed by atoms with E-state index in [9.17, 15) is 18.8 Å². The molecule has 10 nitrogen and oxygen atoms in total. The van der Waals surface area contributed by atoms with Crippen LogP contribution in [0.2, 0.25) is 0 Å². The monoisotopic (exact) mass is 494 g/mol. The van der Waals surface area contributed by atoms with Crippen molar-refractivity contribution in [2.45, 2.75) is 44.6 Å². The standard InChI is InChI=1S/C25H27FN6O4/c26-17-6-7-20(27-10-17)28-21(33)11-31-19(24(35)30-12-25(13-30)14-36-15-25)9-23(34)32-22(31)8-18(29-32)16-4-2-1-3-5-16/h6-10,16H,1-5,11-15H2,(H,27,28,33). The summed E-state index contributed by atoms with van der Waals surface area (Å²) in [5, 5.41) is 7.21. The van der Waals surface area contributed by atoms with E-state index < -0.39 is 17.3 Å². The number of nitrogens with one attached hydrogen (secondary N) is 1. The second kappa shape index (κ2) is 8.81. The van der Waals surface area contributed by atoms with E-state index in [1.165, 1.54) is 29.1 Å². The van der Waals surface area contributed by atoms with E-state index in [0.717, 1.165) is 37.6 Å². The largest absolute Gasteiger partial charge is 0.380 e. The molecule has 0 atom stereocenters. The first kappa shape index (κ1) is 22.8. The molecule has 0 unspecified atom stereocenters. The molecule has 1 spiro atoms. The summed E-state index contributed by atoms with van der Waals surface area (Å²) in [4.78, 5) is 45.0. The zero-order chi connectivity index (χ0) is 24.9. The number of halogens is 1. The van der Waals surface area contributed by atoms with Crippen molar-refractivity contribution in [2.75, 3.05) is 31.6 Å². The molecule has 11 heteroatoms. The predicted octanol–water partition coefficient (Wildman–Crippen LogP) is 2.19. The van der Waals surface area contributed by atoms with Gasteiger partial charge in [0.1, 0.15) is 29.5 Å². The van der Waals surface area contributed by atoms with Gasteiger partial charge in [-0.2, -0.15) is 9.61 Å². The minimum Gasteiger partial charge on any atom is -0.380 e. The maximum atomic E-state index is 13.5. The van der Waals surface area contributed by atoms with Crippen molar-refractivity contribution in [3.63, 3.8) is 0 Å². The highest BCUT2D eigenvalue weighted by Crippen LogP contribution is 2.38. The average Bonchev–Trinajstić information content (AvgIpc) is 3.27. The average molecular weight is 495 g/mol. The first-order chi connectivity index (χ1) is 17.4. The smallest absolute Gasteiger partial charge is 0.275 e. The predicted molar refractivity (Wildman–Crippen MR) is 127 cm³/mol. The molecular weight excluding hydrogens is 467 g/mol. The van der Waals surface area contributed by atoms with Crippen LogP contribution >= 0.6 is 0 Å². The molecule has 1 N–H and O–H groups in total. The Bertz CT molecular complexity index is 1380. The van der Waals surface area contributed by atoms with E-state index in [1.807, 2.05) is 6.07 Å². The quantitative estimate of drug-likeness (QED) is 0.582. The molecule has 3 aliphatic rings. The van der Waals surface area contributed by atoms with Gasteiger partial charge in [0, 0.05) is 31.1 Å². The normalized spacial score (nSPS) is 19.2. The maximum Gasteiger partial charge on any atom is 0.275 e. The fourth-order valence-electron chi connectivity index (χ4n) is 5.48. The minimum atomic E-state index is -0.512. The van der Waals surface area contributed by atoms with Crippen LogP contribution < -0.4 is 10.9 Å². The van der Waals surface area contributed by atoms with Crippen LogP contribution in [0.1, 0.15) is 54.2 Å². The SMILES string of the molecule is O=C(Cn1c(C(=O)N2CC3(COC3)C2)cc(=O)n2nc(C3CCCCC3)cc12)Nc1ccc(F)cn1. The molecule has 2 saturated heterocycles. The lowest BCUT2D eigenvalue weighted by atomic mass is 9.78. The molecule has 1 saturated carbocycles. The number of fused-ring (bicyclic) bond motifs is 1. The summed E-state index contributed by atoms with van der Waals surface area (Å²) in [6.07, 6.45) is 6.42. The number of likely N-dealkylation sites (tertiary alicyclic amines) is 1. The van der Waals surface area contributed by atoms with E-state index in [2.05, 4.69) is 15.4 Å². The van der Waals surface area contributed by atoms with Gasteiger partial charge in [-0.25, -0.2) is 9.37 Å². The van der Waals surface area contributed by atoms with Crippen LogP contribution in [0.15, 0.2) is 35.3 Å². The molecular formula is C25H27FN6O4. The first-order valence-corrected chi connectivity index (χ1v) is 12.3.